The fourth-order valence-corrected chi connectivity index (χ4v) is 2.85. The fourth-order valence-electron chi connectivity index (χ4n) is 2.45. The molecule has 0 radical (unpaired) electrons. The van der Waals surface area contributed by atoms with Gasteiger partial charge in [-0.1, -0.05) is 81.1 Å². The fraction of sp³-hybridized carbons (Fsp3) is 0.947. The second kappa shape index (κ2) is 18.3. The van der Waals surface area contributed by atoms with Crippen molar-refractivity contribution in [1.82, 2.24) is 0 Å². The van der Waals surface area contributed by atoms with E-state index in [9.17, 15) is 4.79 Å². The molecule has 0 aliphatic rings. The lowest BCUT2D eigenvalue weighted by Crippen LogP contribution is -2.26. The number of alkyl halides is 1. The highest BCUT2D eigenvalue weighted by Crippen LogP contribution is 2.09. The van der Waals surface area contributed by atoms with E-state index < -0.39 is 0 Å². The van der Waals surface area contributed by atoms with Gasteiger partial charge in [0.2, 0.25) is 0 Å². The molecular formula is C19H37BrO3. The van der Waals surface area contributed by atoms with Gasteiger partial charge < -0.3 is 9.47 Å². The predicted octanol–water partition coefficient (Wildman–Crippen LogP) is 6.03. The number of rotatable bonds is 17. The summed E-state index contributed by atoms with van der Waals surface area (Å²) in [4.78, 5) is 12.0. The molecule has 0 fully saturated rings. The average molecular weight is 393 g/mol. The molecule has 4 heteroatoms. The number of hydrogen-bond donors (Lipinski definition) is 0. The number of carbonyl (C=O) groups is 1. The van der Waals surface area contributed by atoms with Gasteiger partial charge in [-0.25, -0.2) is 4.79 Å². The van der Waals surface area contributed by atoms with Crippen LogP contribution >= 0.6 is 15.9 Å². The molecule has 0 saturated heterocycles. The Morgan fingerprint density at radius 3 is 2.00 bits per heavy atom. The first-order chi connectivity index (χ1) is 11.3. The van der Waals surface area contributed by atoms with Crippen LogP contribution in [0.5, 0.6) is 0 Å². The highest BCUT2D eigenvalue weighted by Gasteiger charge is 2.18. The summed E-state index contributed by atoms with van der Waals surface area (Å²) in [5.41, 5.74) is 0. The summed E-state index contributed by atoms with van der Waals surface area (Å²) in [6, 6.07) is 0. The van der Waals surface area contributed by atoms with Gasteiger partial charge in [-0.05, 0) is 25.7 Å². The van der Waals surface area contributed by atoms with Crippen LogP contribution in [0.25, 0.3) is 0 Å². The van der Waals surface area contributed by atoms with Gasteiger partial charge in [0.25, 0.3) is 0 Å². The van der Waals surface area contributed by atoms with Crippen LogP contribution in [0.4, 0.5) is 0 Å². The molecule has 23 heavy (non-hydrogen) atoms. The third kappa shape index (κ3) is 15.2. The highest BCUT2D eigenvalue weighted by atomic mass is 79.9. The number of carbonyl (C=O) groups excluding carboxylic acids is 1. The zero-order chi connectivity index (χ0) is 17.2. The van der Waals surface area contributed by atoms with E-state index in [0.717, 1.165) is 24.6 Å². The largest absolute Gasteiger partial charge is 0.464 e. The second-order valence-electron chi connectivity index (χ2n) is 6.16. The Labute approximate surface area is 152 Å². The molecule has 0 amide bonds. The summed E-state index contributed by atoms with van der Waals surface area (Å²) >= 11 is 3.43. The molecule has 138 valence electrons. The Hall–Kier alpha value is -0.0900. The zero-order valence-electron chi connectivity index (χ0n) is 15.3. The van der Waals surface area contributed by atoms with Crippen molar-refractivity contribution < 1.29 is 14.3 Å². The van der Waals surface area contributed by atoms with Crippen LogP contribution in [0.15, 0.2) is 0 Å². The summed E-state index contributed by atoms with van der Waals surface area (Å²) in [6.45, 7) is 5.41. The molecule has 0 aliphatic heterocycles. The van der Waals surface area contributed by atoms with E-state index in [0.29, 0.717) is 19.6 Å². The number of hydrogen-bond acceptors (Lipinski definition) is 3. The predicted molar refractivity (Wildman–Crippen MR) is 101 cm³/mol. The summed E-state index contributed by atoms with van der Waals surface area (Å²) in [6.07, 6.45) is 13.5. The van der Waals surface area contributed by atoms with Gasteiger partial charge in [-0.3, -0.25) is 0 Å². The Bertz CT molecular complexity index is 259. The molecule has 0 N–H and O–H groups in total. The minimum absolute atomic E-state index is 0.182. The van der Waals surface area contributed by atoms with Gasteiger partial charge in [0.15, 0.2) is 6.10 Å². The summed E-state index contributed by atoms with van der Waals surface area (Å²) in [5.74, 6) is -0.182. The van der Waals surface area contributed by atoms with E-state index in [1.807, 2.05) is 6.92 Å². The van der Waals surface area contributed by atoms with Crippen molar-refractivity contribution in [3.05, 3.63) is 0 Å². The van der Waals surface area contributed by atoms with E-state index in [1.54, 1.807) is 0 Å². The Morgan fingerprint density at radius 2 is 1.39 bits per heavy atom. The molecule has 0 aromatic carbocycles. The van der Waals surface area contributed by atoms with Crippen LogP contribution < -0.4 is 0 Å². The SMILES string of the molecule is CCCCCCCCOC(CC)C(=O)OCCCCCCCBr. The minimum Gasteiger partial charge on any atom is -0.464 e. The van der Waals surface area contributed by atoms with E-state index >= 15 is 0 Å². The van der Waals surface area contributed by atoms with E-state index in [1.165, 1.54) is 51.4 Å². The standard InChI is InChI=1S/C19H37BrO3/c1-3-5-6-7-10-13-16-22-18(4-2)19(21)23-17-14-11-8-9-12-15-20/h18H,3-17H2,1-2H3. The van der Waals surface area contributed by atoms with Gasteiger partial charge in [-0.15, -0.1) is 0 Å². The van der Waals surface area contributed by atoms with Crippen LogP contribution in [0, 0.1) is 0 Å². The molecule has 3 nitrogen and oxygen atoms in total. The molecule has 0 heterocycles. The van der Waals surface area contributed by atoms with Crippen molar-refractivity contribution in [1.29, 1.82) is 0 Å². The lowest BCUT2D eigenvalue weighted by molar-refractivity contribution is -0.157. The first-order valence-corrected chi connectivity index (χ1v) is 10.7. The van der Waals surface area contributed by atoms with E-state index in [4.69, 9.17) is 9.47 Å². The minimum atomic E-state index is -0.376. The van der Waals surface area contributed by atoms with E-state index in [-0.39, 0.29) is 12.1 Å². The van der Waals surface area contributed by atoms with Crippen molar-refractivity contribution in [2.75, 3.05) is 18.5 Å². The third-order valence-corrected chi connectivity index (χ3v) is 4.53. The van der Waals surface area contributed by atoms with Gasteiger partial charge in [0.1, 0.15) is 0 Å². The summed E-state index contributed by atoms with van der Waals surface area (Å²) < 4.78 is 11.0. The van der Waals surface area contributed by atoms with Crippen LogP contribution in [0.2, 0.25) is 0 Å². The quantitative estimate of drug-likeness (QED) is 0.172. The first-order valence-electron chi connectivity index (χ1n) is 9.60. The number of ether oxygens (including phenoxy) is 2. The highest BCUT2D eigenvalue weighted by molar-refractivity contribution is 9.09. The first kappa shape index (κ1) is 22.9. The van der Waals surface area contributed by atoms with E-state index in [2.05, 4.69) is 22.9 Å². The maximum absolute atomic E-state index is 12.0. The van der Waals surface area contributed by atoms with Crippen LogP contribution in [0.1, 0.15) is 90.9 Å². The van der Waals surface area contributed by atoms with Crippen molar-refractivity contribution in [2.24, 2.45) is 0 Å². The maximum atomic E-state index is 12.0. The zero-order valence-corrected chi connectivity index (χ0v) is 16.9. The maximum Gasteiger partial charge on any atom is 0.335 e. The Morgan fingerprint density at radius 1 is 0.826 bits per heavy atom. The normalized spacial score (nSPS) is 12.3. The van der Waals surface area contributed by atoms with Crippen molar-refractivity contribution in [2.45, 2.75) is 97.0 Å². The molecule has 0 aromatic heterocycles. The van der Waals surface area contributed by atoms with Crippen molar-refractivity contribution >= 4 is 21.9 Å². The molecule has 0 rings (SSSR count). The van der Waals surface area contributed by atoms with Gasteiger partial charge in [-0.2, -0.15) is 0 Å². The van der Waals surface area contributed by atoms with Crippen molar-refractivity contribution in [3.8, 4) is 0 Å². The number of esters is 1. The lowest BCUT2D eigenvalue weighted by Gasteiger charge is -2.15. The molecule has 0 spiro atoms. The number of halogens is 1. The topological polar surface area (TPSA) is 35.5 Å². The van der Waals surface area contributed by atoms with Crippen LogP contribution in [-0.4, -0.2) is 30.6 Å². The molecule has 0 bridgehead atoms. The molecule has 1 unspecified atom stereocenters. The number of unbranched alkanes of at least 4 members (excludes halogenated alkanes) is 9. The smallest absolute Gasteiger partial charge is 0.335 e. The van der Waals surface area contributed by atoms with Crippen molar-refractivity contribution in [3.63, 3.8) is 0 Å². The van der Waals surface area contributed by atoms with Crippen LogP contribution in [0.3, 0.4) is 0 Å². The molecule has 1 atom stereocenters. The Kier molecular flexibility index (Phi) is 18.2. The third-order valence-electron chi connectivity index (χ3n) is 3.97. The van der Waals surface area contributed by atoms with Gasteiger partial charge >= 0.3 is 5.97 Å². The summed E-state index contributed by atoms with van der Waals surface area (Å²) in [7, 11) is 0. The average Bonchev–Trinajstić information content (AvgIpc) is 2.56. The molecule has 0 aromatic rings. The monoisotopic (exact) mass is 392 g/mol. The van der Waals surface area contributed by atoms with Crippen LogP contribution in [-0.2, 0) is 14.3 Å². The van der Waals surface area contributed by atoms with Gasteiger partial charge in [0.05, 0.1) is 6.61 Å². The molecular weight excluding hydrogens is 356 g/mol. The molecule has 0 aliphatic carbocycles. The second-order valence-corrected chi connectivity index (χ2v) is 6.95. The van der Waals surface area contributed by atoms with Gasteiger partial charge in [0, 0.05) is 11.9 Å². The summed E-state index contributed by atoms with van der Waals surface area (Å²) in [5, 5.41) is 1.08. The lowest BCUT2D eigenvalue weighted by atomic mass is 10.1. The Balaban J connectivity index is 3.54. The molecule has 0 saturated carbocycles.